The number of nitrogens with two attached hydrogens (primary N) is 1. The van der Waals surface area contributed by atoms with Gasteiger partial charge in [0.2, 0.25) is 0 Å². The lowest BCUT2D eigenvalue weighted by molar-refractivity contribution is -0.137. The maximum absolute atomic E-state index is 12.5. The van der Waals surface area contributed by atoms with Crippen molar-refractivity contribution >= 4 is 11.6 Å². The van der Waals surface area contributed by atoms with Crippen molar-refractivity contribution in [3.05, 3.63) is 34.3 Å². The number of hydrogen-bond donors (Lipinski definition) is 2. The molecule has 0 unspecified atom stereocenters. The number of aliphatic hydroxyl groups is 1. The molecule has 0 bridgehead atoms. The normalized spacial score (nSPS) is 13.9. The zero-order valence-corrected chi connectivity index (χ0v) is 9.02. The predicted octanol–water partition coefficient (Wildman–Crippen LogP) is 2.74. The average molecular weight is 254 g/mol. The maximum Gasteiger partial charge on any atom is 0.417 e. The molecular formula is C10H11ClF3NO. The van der Waals surface area contributed by atoms with Crippen molar-refractivity contribution in [1.82, 2.24) is 0 Å². The highest BCUT2D eigenvalue weighted by molar-refractivity contribution is 6.32. The molecule has 0 amide bonds. The van der Waals surface area contributed by atoms with Crippen LogP contribution in [0.2, 0.25) is 5.02 Å². The number of halogens is 4. The molecule has 0 saturated carbocycles. The molecule has 0 aliphatic rings. The van der Waals surface area contributed by atoms with E-state index in [1.807, 2.05) is 0 Å². The van der Waals surface area contributed by atoms with Crippen LogP contribution < -0.4 is 5.73 Å². The molecule has 0 aromatic heterocycles. The summed E-state index contributed by atoms with van der Waals surface area (Å²) in [5.41, 5.74) is 4.90. The molecule has 0 fully saturated rings. The van der Waals surface area contributed by atoms with Crippen LogP contribution in [0.25, 0.3) is 0 Å². The molecule has 3 N–H and O–H groups in total. The molecule has 1 aromatic carbocycles. The van der Waals surface area contributed by atoms with Crippen LogP contribution in [0, 0.1) is 0 Å². The van der Waals surface area contributed by atoms with Crippen LogP contribution in [0.4, 0.5) is 13.2 Å². The van der Waals surface area contributed by atoms with Crippen molar-refractivity contribution in [2.75, 3.05) is 6.61 Å². The van der Waals surface area contributed by atoms with E-state index in [2.05, 4.69) is 0 Å². The molecule has 1 aromatic rings. The minimum Gasteiger partial charge on any atom is -0.396 e. The van der Waals surface area contributed by atoms with Gasteiger partial charge in [0, 0.05) is 12.6 Å². The average Bonchev–Trinajstić information content (AvgIpc) is 2.16. The van der Waals surface area contributed by atoms with E-state index >= 15 is 0 Å². The van der Waals surface area contributed by atoms with Gasteiger partial charge in [0.05, 0.1) is 10.6 Å². The van der Waals surface area contributed by atoms with E-state index in [1.165, 1.54) is 12.1 Å². The number of hydrogen-bond acceptors (Lipinski definition) is 2. The molecule has 0 aliphatic carbocycles. The Morgan fingerprint density at radius 3 is 2.50 bits per heavy atom. The number of alkyl halides is 3. The molecule has 90 valence electrons. The summed E-state index contributed by atoms with van der Waals surface area (Å²) in [4.78, 5) is 0. The summed E-state index contributed by atoms with van der Waals surface area (Å²) in [5.74, 6) is 0. The third kappa shape index (κ3) is 2.87. The van der Waals surface area contributed by atoms with Crippen LogP contribution >= 0.6 is 11.6 Å². The van der Waals surface area contributed by atoms with Gasteiger partial charge < -0.3 is 10.8 Å². The molecule has 16 heavy (non-hydrogen) atoms. The fourth-order valence-electron chi connectivity index (χ4n) is 1.35. The van der Waals surface area contributed by atoms with Gasteiger partial charge in [0.25, 0.3) is 0 Å². The topological polar surface area (TPSA) is 46.2 Å². The molecule has 0 spiro atoms. The van der Waals surface area contributed by atoms with Gasteiger partial charge in [-0.2, -0.15) is 13.2 Å². The fourth-order valence-corrected chi connectivity index (χ4v) is 1.72. The zero-order chi connectivity index (χ0) is 12.3. The summed E-state index contributed by atoms with van der Waals surface area (Å²) in [5, 5.41) is 8.28. The lowest BCUT2D eigenvalue weighted by Gasteiger charge is -2.16. The van der Waals surface area contributed by atoms with Crippen molar-refractivity contribution in [2.45, 2.75) is 18.6 Å². The lowest BCUT2D eigenvalue weighted by atomic mass is 10.0. The van der Waals surface area contributed by atoms with Crippen molar-refractivity contribution < 1.29 is 18.3 Å². The van der Waals surface area contributed by atoms with Gasteiger partial charge in [-0.3, -0.25) is 0 Å². The zero-order valence-electron chi connectivity index (χ0n) is 8.26. The van der Waals surface area contributed by atoms with E-state index in [0.717, 1.165) is 6.07 Å². The Kier molecular flexibility index (Phi) is 4.18. The number of rotatable bonds is 3. The Hall–Kier alpha value is -0.780. The Morgan fingerprint density at radius 1 is 1.38 bits per heavy atom. The van der Waals surface area contributed by atoms with Crippen LogP contribution in [-0.2, 0) is 6.18 Å². The second kappa shape index (κ2) is 5.03. The van der Waals surface area contributed by atoms with Crippen LogP contribution in [0.3, 0.4) is 0 Å². The summed E-state index contributed by atoms with van der Waals surface area (Å²) in [6.45, 7) is -0.201. The van der Waals surface area contributed by atoms with Gasteiger partial charge in [-0.1, -0.05) is 23.7 Å². The van der Waals surface area contributed by atoms with Crippen LogP contribution in [0.15, 0.2) is 18.2 Å². The van der Waals surface area contributed by atoms with E-state index in [1.54, 1.807) is 0 Å². The molecule has 6 heteroatoms. The lowest BCUT2D eigenvalue weighted by Crippen LogP contribution is -2.15. The standard InChI is InChI=1S/C10H11ClF3NO/c11-9-6(8(15)4-5-16)2-1-3-7(9)10(12,13)14/h1-3,8,16H,4-5,15H2/t8-/m0/s1. The van der Waals surface area contributed by atoms with Gasteiger partial charge in [0.15, 0.2) is 0 Å². The quantitative estimate of drug-likeness (QED) is 0.870. The smallest absolute Gasteiger partial charge is 0.396 e. The molecule has 0 saturated heterocycles. The Morgan fingerprint density at radius 2 is 2.00 bits per heavy atom. The first-order chi connectivity index (χ1) is 7.38. The Bertz CT molecular complexity index is 368. The van der Waals surface area contributed by atoms with Crippen molar-refractivity contribution in [3.63, 3.8) is 0 Å². The van der Waals surface area contributed by atoms with E-state index in [4.69, 9.17) is 22.4 Å². The van der Waals surface area contributed by atoms with Crippen molar-refractivity contribution in [2.24, 2.45) is 5.73 Å². The first kappa shape index (κ1) is 13.3. The minimum absolute atomic E-state index is 0.168. The molecule has 2 nitrogen and oxygen atoms in total. The summed E-state index contributed by atoms with van der Waals surface area (Å²) >= 11 is 5.64. The van der Waals surface area contributed by atoms with E-state index in [9.17, 15) is 13.2 Å². The van der Waals surface area contributed by atoms with Crippen LogP contribution in [-0.4, -0.2) is 11.7 Å². The Labute approximate surface area is 95.8 Å². The number of benzene rings is 1. The highest BCUT2D eigenvalue weighted by atomic mass is 35.5. The summed E-state index contributed by atoms with van der Waals surface area (Å²) in [6, 6.07) is 2.89. The van der Waals surface area contributed by atoms with Gasteiger partial charge in [-0.25, -0.2) is 0 Å². The molecule has 0 aliphatic heterocycles. The fraction of sp³-hybridized carbons (Fsp3) is 0.400. The van der Waals surface area contributed by atoms with Gasteiger partial charge in [0.1, 0.15) is 0 Å². The van der Waals surface area contributed by atoms with Gasteiger partial charge in [-0.15, -0.1) is 0 Å². The largest absolute Gasteiger partial charge is 0.417 e. The monoisotopic (exact) mass is 253 g/mol. The van der Waals surface area contributed by atoms with Crippen LogP contribution in [0.5, 0.6) is 0 Å². The minimum atomic E-state index is -4.49. The first-order valence-corrected chi connectivity index (χ1v) is 4.97. The molecule has 0 heterocycles. The van der Waals surface area contributed by atoms with Gasteiger partial charge >= 0.3 is 6.18 Å². The third-order valence-corrected chi connectivity index (χ3v) is 2.60. The summed E-state index contributed by atoms with van der Waals surface area (Å²) < 4.78 is 37.5. The summed E-state index contributed by atoms with van der Waals surface area (Å²) in [7, 11) is 0. The molecule has 0 radical (unpaired) electrons. The molecule has 1 atom stereocenters. The Balaban J connectivity index is 3.14. The van der Waals surface area contributed by atoms with Gasteiger partial charge in [-0.05, 0) is 18.1 Å². The van der Waals surface area contributed by atoms with E-state index in [0.29, 0.717) is 0 Å². The second-order valence-corrected chi connectivity index (χ2v) is 3.70. The van der Waals surface area contributed by atoms with Crippen molar-refractivity contribution in [1.29, 1.82) is 0 Å². The maximum atomic E-state index is 12.5. The highest BCUT2D eigenvalue weighted by Crippen LogP contribution is 2.37. The van der Waals surface area contributed by atoms with E-state index in [-0.39, 0.29) is 18.6 Å². The van der Waals surface area contributed by atoms with E-state index < -0.39 is 22.8 Å². The SMILES string of the molecule is N[C@@H](CCO)c1cccc(C(F)(F)F)c1Cl. The molecule has 1 rings (SSSR count). The van der Waals surface area contributed by atoms with Crippen LogP contribution in [0.1, 0.15) is 23.6 Å². The summed E-state index contributed by atoms with van der Waals surface area (Å²) in [6.07, 6.45) is -4.33. The number of aliphatic hydroxyl groups excluding tert-OH is 1. The second-order valence-electron chi connectivity index (χ2n) is 3.33. The third-order valence-electron chi connectivity index (χ3n) is 2.17. The first-order valence-electron chi connectivity index (χ1n) is 4.60. The highest BCUT2D eigenvalue weighted by Gasteiger charge is 2.34. The molecular weight excluding hydrogens is 243 g/mol. The van der Waals surface area contributed by atoms with Crippen molar-refractivity contribution in [3.8, 4) is 0 Å². The predicted molar refractivity (Wildman–Crippen MR) is 55.1 cm³/mol.